The molecule has 1 unspecified atom stereocenters. The molecule has 1 heterocycles. The largest absolute Gasteiger partial charge is 0.435 e. The summed E-state index contributed by atoms with van der Waals surface area (Å²) < 4.78 is 28.9. The van der Waals surface area contributed by atoms with Gasteiger partial charge in [0.15, 0.2) is 0 Å². The highest BCUT2D eigenvalue weighted by molar-refractivity contribution is 5.52. The van der Waals surface area contributed by atoms with E-state index in [4.69, 9.17) is 0 Å². The van der Waals surface area contributed by atoms with E-state index in [2.05, 4.69) is 40.8 Å². The number of anilines is 1. The van der Waals surface area contributed by atoms with Gasteiger partial charge in [-0.05, 0) is 37.1 Å². The van der Waals surface area contributed by atoms with Crippen LogP contribution in [0, 0.1) is 0 Å². The minimum atomic E-state index is -2.78. The molecule has 1 aromatic rings. The van der Waals surface area contributed by atoms with Crippen molar-refractivity contribution in [3.8, 4) is 5.75 Å². The van der Waals surface area contributed by atoms with Crippen molar-refractivity contribution in [3.05, 3.63) is 36.7 Å². The number of hydrogen-bond donors (Lipinski definition) is 0. The maximum Gasteiger partial charge on any atom is 0.387 e. The molecular weight excluding hydrogens is 334 g/mol. The third-order valence-electron chi connectivity index (χ3n) is 4.98. The Morgan fingerprint density at radius 1 is 0.962 bits per heavy atom. The highest BCUT2D eigenvalue weighted by atomic mass is 19.3. The predicted molar refractivity (Wildman–Crippen MR) is 103 cm³/mol. The molecule has 0 N–H and O–H groups in total. The lowest BCUT2D eigenvalue weighted by atomic mass is 10.0. The molecular formula is C21H32F2N2O. The first-order valence-electron chi connectivity index (χ1n) is 9.89. The number of halogens is 2. The molecule has 1 aromatic carbocycles. The topological polar surface area (TPSA) is 15.7 Å². The first-order chi connectivity index (χ1) is 12.6. The third kappa shape index (κ3) is 6.50. The summed E-state index contributed by atoms with van der Waals surface area (Å²) in [5, 5.41) is 0. The van der Waals surface area contributed by atoms with Crippen LogP contribution in [0.3, 0.4) is 0 Å². The average Bonchev–Trinajstić information content (AvgIpc) is 3.11. The molecule has 0 saturated heterocycles. The number of benzene rings is 1. The van der Waals surface area contributed by atoms with Crippen LogP contribution in [0.4, 0.5) is 14.5 Å². The SMILES string of the molecule is CCCCCCCCC(CC)N1C=CN(c2ccc(OC(F)F)cc2)C1. The van der Waals surface area contributed by atoms with E-state index in [0.717, 1.165) is 18.8 Å². The van der Waals surface area contributed by atoms with Crippen LogP contribution in [0.15, 0.2) is 36.7 Å². The van der Waals surface area contributed by atoms with Crippen molar-refractivity contribution < 1.29 is 13.5 Å². The van der Waals surface area contributed by atoms with Gasteiger partial charge in [0.2, 0.25) is 0 Å². The van der Waals surface area contributed by atoms with Crippen molar-refractivity contribution in [1.29, 1.82) is 0 Å². The Morgan fingerprint density at radius 2 is 1.65 bits per heavy atom. The van der Waals surface area contributed by atoms with Crippen LogP contribution in [0.1, 0.15) is 65.2 Å². The first-order valence-corrected chi connectivity index (χ1v) is 9.89. The van der Waals surface area contributed by atoms with Crippen molar-refractivity contribution in [2.75, 3.05) is 11.6 Å². The lowest BCUT2D eigenvalue weighted by molar-refractivity contribution is -0.0498. The molecule has 0 radical (unpaired) electrons. The molecule has 0 saturated carbocycles. The Kier molecular flexibility index (Phi) is 8.72. The summed E-state index contributed by atoms with van der Waals surface area (Å²) in [5.74, 6) is 0.193. The van der Waals surface area contributed by atoms with E-state index in [1.54, 1.807) is 12.1 Å². The zero-order valence-corrected chi connectivity index (χ0v) is 16.0. The van der Waals surface area contributed by atoms with Crippen molar-refractivity contribution in [2.45, 2.75) is 77.9 Å². The maximum atomic E-state index is 12.2. The molecule has 0 spiro atoms. The number of nitrogens with zero attached hydrogens (tertiary/aromatic N) is 2. The maximum absolute atomic E-state index is 12.2. The van der Waals surface area contributed by atoms with Crippen LogP contribution in [0.25, 0.3) is 0 Å². The molecule has 0 aliphatic carbocycles. The van der Waals surface area contributed by atoms with E-state index in [0.29, 0.717) is 6.04 Å². The van der Waals surface area contributed by atoms with Gasteiger partial charge < -0.3 is 14.5 Å². The van der Waals surface area contributed by atoms with Crippen molar-refractivity contribution in [3.63, 3.8) is 0 Å². The molecule has 1 aliphatic rings. The zero-order chi connectivity index (χ0) is 18.8. The molecule has 0 bridgehead atoms. The van der Waals surface area contributed by atoms with Gasteiger partial charge in [-0.3, -0.25) is 0 Å². The van der Waals surface area contributed by atoms with Gasteiger partial charge in [0.05, 0.1) is 6.67 Å². The van der Waals surface area contributed by atoms with E-state index in [1.807, 2.05) is 12.1 Å². The summed E-state index contributed by atoms with van der Waals surface area (Å²) in [6.45, 7) is 2.52. The van der Waals surface area contributed by atoms with E-state index in [1.165, 1.54) is 44.9 Å². The van der Waals surface area contributed by atoms with E-state index in [-0.39, 0.29) is 5.75 Å². The molecule has 0 amide bonds. The fraction of sp³-hybridized carbons (Fsp3) is 0.619. The average molecular weight is 366 g/mol. The van der Waals surface area contributed by atoms with Gasteiger partial charge >= 0.3 is 6.61 Å². The third-order valence-corrected chi connectivity index (χ3v) is 4.98. The standard InChI is InChI=1S/C21H32F2N2O/c1-3-5-6-7-8-9-10-18(4-2)24-15-16-25(17-24)19-11-13-20(14-12-19)26-21(22)23/h11-16,18,21H,3-10,17H2,1-2H3. The lowest BCUT2D eigenvalue weighted by Crippen LogP contribution is -2.33. The van der Waals surface area contributed by atoms with Crippen LogP contribution < -0.4 is 9.64 Å². The van der Waals surface area contributed by atoms with Crippen molar-refractivity contribution >= 4 is 5.69 Å². The fourth-order valence-electron chi connectivity index (χ4n) is 3.43. The number of ether oxygens (including phenoxy) is 1. The summed E-state index contributed by atoms with van der Waals surface area (Å²) in [5.41, 5.74) is 0.986. The second kappa shape index (κ2) is 11.0. The molecule has 146 valence electrons. The van der Waals surface area contributed by atoms with Gasteiger partial charge in [0.25, 0.3) is 0 Å². The Hall–Kier alpha value is -1.78. The predicted octanol–water partition coefficient (Wildman–Crippen LogP) is 6.37. The number of alkyl halides is 2. The fourth-order valence-corrected chi connectivity index (χ4v) is 3.43. The second-order valence-electron chi connectivity index (χ2n) is 6.91. The van der Waals surface area contributed by atoms with E-state index >= 15 is 0 Å². The van der Waals surface area contributed by atoms with E-state index < -0.39 is 6.61 Å². The highest BCUT2D eigenvalue weighted by Gasteiger charge is 2.20. The molecule has 26 heavy (non-hydrogen) atoms. The molecule has 3 nitrogen and oxygen atoms in total. The van der Waals surface area contributed by atoms with Gasteiger partial charge in [-0.15, -0.1) is 0 Å². The van der Waals surface area contributed by atoms with Crippen LogP contribution in [0.5, 0.6) is 5.75 Å². The van der Waals surface area contributed by atoms with Crippen LogP contribution in [-0.4, -0.2) is 24.2 Å². The Bertz CT molecular complexity index is 533. The minimum Gasteiger partial charge on any atom is -0.435 e. The first kappa shape index (κ1) is 20.5. The summed E-state index contributed by atoms with van der Waals surface area (Å²) >= 11 is 0. The molecule has 0 aromatic heterocycles. The number of rotatable bonds is 12. The zero-order valence-electron chi connectivity index (χ0n) is 16.0. The number of hydrogen-bond acceptors (Lipinski definition) is 3. The van der Waals surface area contributed by atoms with Crippen LogP contribution in [-0.2, 0) is 0 Å². The Labute approximate surface area is 156 Å². The Morgan fingerprint density at radius 3 is 2.31 bits per heavy atom. The summed E-state index contributed by atoms with van der Waals surface area (Å²) in [7, 11) is 0. The Balaban J connectivity index is 1.78. The summed E-state index contributed by atoms with van der Waals surface area (Å²) in [4.78, 5) is 4.52. The normalized spacial score (nSPS) is 15.1. The summed E-state index contributed by atoms with van der Waals surface area (Å²) in [6.07, 6.45) is 14.5. The molecule has 0 fully saturated rings. The van der Waals surface area contributed by atoms with E-state index in [9.17, 15) is 8.78 Å². The molecule has 5 heteroatoms. The van der Waals surface area contributed by atoms with Crippen LogP contribution >= 0.6 is 0 Å². The number of unbranched alkanes of at least 4 members (excludes halogenated alkanes) is 5. The lowest BCUT2D eigenvalue weighted by Gasteiger charge is -2.29. The van der Waals surface area contributed by atoms with Gasteiger partial charge in [0, 0.05) is 24.1 Å². The molecule has 2 rings (SSSR count). The molecule has 1 aliphatic heterocycles. The van der Waals surface area contributed by atoms with Gasteiger partial charge in [-0.2, -0.15) is 8.78 Å². The molecule has 1 atom stereocenters. The van der Waals surface area contributed by atoms with Gasteiger partial charge in [-0.1, -0.05) is 52.4 Å². The van der Waals surface area contributed by atoms with Gasteiger partial charge in [0.1, 0.15) is 5.75 Å². The quantitative estimate of drug-likeness (QED) is 0.400. The van der Waals surface area contributed by atoms with Crippen molar-refractivity contribution in [1.82, 2.24) is 4.90 Å². The summed E-state index contributed by atoms with van der Waals surface area (Å²) in [6, 6.07) is 7.38. The minimum absolute atomic E-state index is 0.193. The van der Waals surface area contributed by atoms with Gasteiger partial charge in [-0.25, -0.2) is 0 Å². The highest BCUT2D eigenvalue weighted by Crippen LogP contribution is 2.26. The monoisotopic (exact) mass is 366 g/mol. The van der Waals surface area contributed by atoms with Crippen LogP contribution in [0.2, 0.25) is 0 Å². The van der Waals surface area contributed by atoms with Crippen molar-refractivity contribution in [2.24, 2.45) is 0 Å². The second-order valence-corrected chi connectivity index (χ2v) is 6.91. The smallest absolute Gasteiger partial charge is 0.387 e.